The van der Waals surface area contributed by atoms with E-state index in [9.17, 15) is 19.8 Å². The first-order valence-corrected chi connectivity index (χ1v) is 28.2. The third-order valence-corrected chi connectivity index (χ3v) is 12.2. The van der Waals surface area contributed by atoms with Gasteiger partial charge in [-0.25, -0.2) is 0 Å². The first-order chi connectivity index (χ1) is 33.5. The van der Waals surface area contributed by atoms with Crippen LogP contribution in [0.15, 0.2) is 109 Å². The zero-order valence-electron chi connectivity index (χ0n) is 44.2. The second-order valence-corrected chi connectivity index (χ2v) is 18.8. The maximum absolute atomic E-state index is 13.2. The molecule has 0 heterocycles. The third kappa shape index (κ3) is 49.0. The number of carbonyl (C=O) groups is 2. The molecule has 388 valence electrons. The molecule has 0 saturated carbocycles. The predicted molar refractivity (Wildman–Crippen MR) is 296 cm³/mol. The highest BCUT2D eigenvalue weighted by molar-refractivity contribution is 5.77. The van der Waals surface area contributed by atoms with Gasteiger partial charge in [0.2, 0.25) is 5.91 Å². The fourth-order valence-corrected chi connectivity index (χ4v) is 7.91. The molecular weight excluding hydrogens is 839 g/mol. The number of ether oxygens (including phenoxy) is 1. The van der Waals surface area contributed by atoms with Gasteiger partial charge in [-0.15, -0.1) is 0 Å². The maximum atomic E-state index is 13.2. The van der Waals surface area contributed by atoms with Crippen LogP contribution < -0.4 is 5.32 Å². The molecule has 0 saturated heterocycles. The minimum Gasteiger partial charge on any atom is -0.461 e. The van der Waals surface area contributed by atoms with Gasteiger partial charge in [-0.05, 0) is 64.2 Å². The summed E-state index contributed by atoms with van der Waals surface area (Å²) in [6, 6.07) is -0.744. The van der Waals surface area contributed by atoms with Crippen LogP contribution in [0.2, 0.25) is 0 Å². The standard InChI is InChI=1S/C62H105NO5/c1-4-7-10-13-16-19-22-25-28-30-31-34-37-40-43-46-49-52-55-62(67)68-58(53-50-47-44-41-38-35-32-27-24-21-18-15-12-9-6-3)56-61(66)63-59(57-64)60(65)54-51-48-45-42-39-36-33-29-26-23-20-17-14-11-8-5-2/h10,13,16,18-19,21-22,25,27-28,30-32,34,38,41,47,50,58-60,64-65H,4-9,11-12,14-15,17,20,23-24,26,29,33,35-37,39-40,42-46,48-49,51-57H2,1-3H3,(H,63,66)/b13-10+,19-16+,21-18-,25-22+,30-28+,32-27-,34-31+,41-38-,50-47-. The van der Waals surface area contributed by atoms with E-state index in [1.54, 1.807) is 0 Å². The van der Waals surface area contributed by atoms with E-state index in [-0.39, 0.29) is 24.9 Å². The van der Waals surface area contributed by atoms with Crippen molar-refractivity contribution in [1.82, 2.24) is 5.32 Å². The molecule has 6 nitrogen and oxygen atoms in total. The van der Waals surface area contributed by atoms with Gasteiger partial charge in [-0.1, -0.05) is 271 Å². The minimum absolute atomic E-state index is 0.0151. The number of carbonyl (C=O) groups excluding carboxylic acids is 2. The van der Waals surface area contributed by atoms with E-state index in [0.717, 1.165) is 89.9 Å². The van der Waals surface area contributed by atoms with Crippen molar-refractivity contribution in [2.24, 2.45) is 0 Å². The number of hydrogen-bond donors (Lipinski definition) is 3. The van der Waals surface area contributed by atoms with Crippen molar-refractivity contribution in [3.63, 3.8) is 0 Å². The second kappa shape index (κ2) is 54.5. The lowest BCUT2D eigenvalue weighted by Crippen LogP contribution is -2.46. The number of aliphatic hydroxyl groups excluding tert-OH is 2. The summed E-state index contributed by atoms with van der Waals surface area (Å²) < 4.78 is 5.88. The fourth-order valence-electron chi connectivity index (χ4n) is 7.91. The molecule has 0 fully saturated rings. The first-order valence-electron chi connectivity index (χ1n) is 28.2. The van der Waals surface area contributed by atoms with Gasteiger partial charge in [-0.3, -0.25) is 9.59 Å². The van der Waals surface area contributed by atoms with Crippen LogP contribution >= 0.6 is 0 Å². The van der Waals surface area contributed by atoms with Crippen molar-refractivity contribution in [3.8, 4) is 0 Å². The Labute approximate surface area is 419 Å². The number of unbranched alkanes of at least 4 members (excludes halogenated alkanes) is 24. The van der Waals surface area contributed by atoms with Crippen LogP contribution in [-0.4, -0.2) is 46.9 Å². The van der Waals surface area contributed by atoms with Crippen LogP contribution in [0, 0.1) is 0 Å². The zero-order chi connectivity index (χ0) is 49.5. The molecule has 0 aliphatic carbocycles. The van der Waals surface area contributed by atoms with Crippen molar-refractivity contribution >= 4 is 11.9 Å². The monoisotopic (exact) mass is 944 g/mol. The number of amides is 1. The van der Waals surface area contributed by atoms with E-state index >= 15 is 0 Å². The molecule has 0 aliphatic heterocycles. The summed E-state index contributed by atoms with van der Waals surface area (Å²) >= 11 is 0. The smallest absolute Gasteiger partial charge is 0.306 e. The van der Waals surface area contributed by atoms with Gasteiger partial charge in [0.15, 0.2) is 0 Å². The van der Waals surface area contributed by atoms with Crippen LogP contribution in [-0.2, 0) is 14.3 Å². The summed E-state index contributed by atoms with van der Waals surface area (Å²) in [5, 5.41) is 23.8. The van der Waals surface area contributed by atoms with E-state index < -0.39 is 18.2 Å². The highest BCUT2D eigenvalue weighted by Crippen LogP contribution is 2.16. The number of aliphatic hydroxyl groups is 2. The fraction of sp³-hybridized carbons (Fsp3) is 0.677. The highest BCUT2D eigenvalue weighted by atomic mass is 16.5. The third-order valence-electron chi connectivity index (χ3n) is 12.2. The molecule has 0 spiro atoms. The number of nitrogens with one attached hydrogen (secondary N) is 1. The van der Waals surface area contributed by atoms with Gasteiger partial charge in [0.05, 0.1) is 25.2 Å². The Bertz CT molecular complexity index is 1380. The van der Waals surface area contributed by atoms with E-state index in [0.29, 0.717) is 19.3 Å². The molecule has 1 amide bonds. The Kier molecular flexibility index (Phi) is 51.7. The lowest BCUT2D eigenvalue weighted by atomic mass is 10.0. The summed E-state index contributed by atoms with van der Waals surface area (Å²) in [5.41, 5.74) is 0. The predicted octanol–water partition coefficient (Wildman–Crippen LogP) is 17.5. The molecule has 0 aromatic rings. The molecule has 68 heavy (non-hydrogen) atoms. The SMILES string of the molecule is CCC/C=C/C=C/C=C/C=C/C=C/CCCCCCCC(=O)OC(C/C=C\C/C=C\C/C=C\C/C=C\CCCCC)CC(=O)NC(CO)C(O)CCCCCCCCCCCCCCCCCC. The van der Waals surface area contributed by atoms with Crippen molar-refractivity contribution in [2.45, 2.75) is 264 Å². The maximum Gasteiger partial charge on any atom is 0.306 e. The quantitative estimate of drug-likeness (QED) is 0.0244. The van der Waals surface area contributed by atoms with Crippen LogP contribution in [0.25, 0.3) is 0 Å². The first kappa shape index (κ1) is 64.5. The average Bonchev–Trinajstić information content (AvgIpc) is 3.33. The van der Waals surface area contributed by atoms with Gasteiger partial charge in [0.25, 0.3) is 0 Å². The normalized spacial score (nSPS) is 14.0. The average molecular weight is 945 g/mol. The summed E-state index contributed by atoms with van der Waals surface area (Å²) in [6.07, 6.45) is 74.4. The lowest BCUT2D eigenvalue weighted by Gasteiger charge is -2.24. The number of hydrogen-bond acceptors (Lipinski definition) is 5. The van der Waals surface area contributed by atoms with E-state index in [1.165, 1.54) is 109 Å². The molecule has 3 atom stereocenters. The van der Waals surface area contributed by atoms with Gasteiger partial charge in [0.1, 0.15) is 6.10 Å². The van der Waals surface area contributed by atoms with Gasteiger partial charge < -0.3 is 20.3 Å². The van der Waals surface area contributed by atoms with Gasteiger partial charge >= 0.3 is 5.97 Å². The van der Waals surface area contributed by atoms with E-state index in [2.05, 4.69) is 99.0 Å². The van der Waals surface area contributed by atoms with Gasteiger partial charge in [0, 0.05) is 12.8 Å². The molecule has 0 aromatic heterocycles. The number of esters is 1. The van der Waals surface area contributed by atoms with Crippen molar-refractivity contribution < 1.29 is 24.5 Å². The lowest BCUT2D eigenvalue weighted by molar-refractivity contribution is -0.150. The molecule has 6 heteroatoms. The highest BCUT2D eigenvalue weighted by Gasteiger charge is 2.23. The summed E-state index contributed by atoms with van der Waals surface area (Å²) in [6.45, 7) is 6.34. The minimum atomic E-state index is -0.823. The number of allylic oxidation sites excluding steroid dienone is 17. The van der Waals surface area contributed by atoms with Crippen LogP contribution in [0.5, 0.6) is 0 Å². The largest absolute Gasteiger partial charge is 0.461 e. The number of rotatable bonds is 49. The summed E-state index contributed by atoms with van der Waals surface area (Å²) in [5.74, 6) is -0.610. The topological polar surface area (TPSA) is 95.9 Å². The second-order valence-electron chi connectivity index (χ2n) is 18.8. The van der Waals surface area contributed by atoms with Crippen molar-refractivity contribution in [3.05, 3.63) is 109 Å². The Morgan fingerprint density at radius 2 is 0.868 bits per heavy atom. The Morgan fingerprint density at radius 1 is 0.456 bits per heavy atom. The van der Waals surface area contributed by atoms with Crippen molar-refractivity contribution in [1.29, 1.82) is 0 Å². The molecule has 3 unspecified atom stereocenters. The van der Waals surface area contributed by atoms with Crippen LogP contribution in [0.4, 0.5) is 0 Å². The van der Waals surface area contributed by atoms with Crippen molar-refractivity contribution in [2.75, 3.05) is 6.61 Å². The Morgan fingerprint density at radius 3 is 1.40 bits per heavy atom. The molecule has 0 radical (unpaired) electrons. The van der Waals surface area contributed by atoms with E-state index in [4.69, 9.17) is 4.74 Å². The Hall–Kier alpha value is -3.48. The summed E-state index contributed by atoms with van der Waals surface area (Å²) in [7, 11) is 0. The van der Waals surface area contributed by atoms with E-state index in [1.807, 2.05) is 36.5 Å². The zero-order valence-corrected chi connectivity index (χ0v) is 44.2. The molecule has 0 aliphatic rings. The van der Waals surface area contributed by atoms with Gasteiger partial charge in [-0.2, -0.15) is 0 Å². The van der Waals surface area contributed by atoms with Crippen LogP contribution in [0.1, 0.15) is 245 Å². The molecule has 0 rings (SSSR count). The van der Waals surface area contributed by atoms with Crippen LogP contribution in [0.3, 0.4) is 0 Å². The Balaban J connectivity index is 4.74. The molecule has 0 aromatic carbocycles. The molecular formula is C62H105NO5. The molecule has 3 N–H and O–H groups in total. The molecule has 0 bridgehead atoms. The summed E-state index contributed by atoms with van der Waals surface area (Å²) in [4.78, 5) is 26.2.